The molecule has 162 valence electrons. The topological polar surface area (TPSA) is 137 Å². The molecule has 1 amide bonds. The molecule has 0 saturated heterocycles. The van der Waals surface area contributed by atoms with Gasteiger partial charge >= 0.3 is 0 Å². The van der Waals surface area contributed by atoms with E-state index in [2.05, 4.69) is 15.2 Å². The third-order valence-electron chi connectivity index (χ3n) is 4.65. The first-order chi connectivity index (χ1) is 14.7. The summed E-state index contributed by atoms with van der Waals surface area (Å²) in [7, 11) is -4.13. The summed E-state index contributed by atoms with van der Waals surface area (Å²) in [6, 6.07) is 4.26. The summed E-state index contributed by atoms with van der Waals surface area (Å²) in [4.78, 5) is 24.7. The zero-order chi connectivity index (χ0) is 22.3. The highest BCUT2D eigenvalue weighted by Gasteiger charge is 2.28. The van der Waals surface area contributed by atoms with Crippen molar-refractivity contribution in [3.63, 3.8) is 0 Å². The van der Waals surface area contributed by atoms with Crippen molar-refractivity contribution in [3.05, 3.63) is 45.3 Å². The molecular weight excluding hydrogens is 446 g/mol. The Morgan fingerprint density at radius 2 is 1.87 bits per heavy atom. The summed E-state index contributed by atoms with van der Waals surface area (Å²) in [5.41, 5.74) is 1.48. The van der Waals surface area contributed by atoms with Crippen molar-refractivity contribution in [1.82, 2.24) is 5.16 Å². The largest absolute Gasteiger partial charge is 0.454 e. The van der Waals surface area contributed by atoms with Crippen molar-refractivity contribution in [1.29, 1.82) is 0 Å². The molecule has 0 saturated carbocycles. The highest BCUT2D eigenvalue weighted by molar-refractivity contribution is 7.93. The van der Waals surface area contributed by atoms with Crippen LogP contribution in [0.25, 0.3) is 0 Å². The van der Waals surface area contributed by atoms with E-state index in [1.54, 1.807) is 13.8 Å². The molecule has 12 heteroatoms. The van der Waals surface area contributed by atoms with E-state index in [0.29, 0.717) is 22.8 Å². The van der Waals surface area contributed by atoms with Crippen LogP contribution < -0.4 is 19.5 Å². The summed E-state index contributed by atoms with van der Waals surface area (Å²) in [5, 5.41) is 7.80. The van der Waals surface area contributed by atoms with E-state index in [4.69, 9.17) is 14.0 Å². The van der Waals surface area contributed by atoms with Gasteiger partial charge < -0.3 is 19.3 Å². The van der Waals surface area contributed by atoms with Gasteiger partial charge in [-0.15, -0.1) is 11.3 Å². The van der Waals surface area contributed by atoms with Gasteiger partial charge in [-0.05, 0) is 38.3 Å². The number of carbonyl (C=O) groups excluding carboxylic acids is 2. The fourth-order valence-corrected chi connectivity index (χ4v) is 5.25. The molecule has 1 aliphatic rings. The monoisotopic (exact) mass is 463 g/mol. The number of fused-ring (bicyclic) bond motifs is 1. The van der Waals surface area contributed by atoms with Gasteiger partial charge in [0.05, 0.1) is 11.4 Å². The number of hydrogen-bond donors (Lipinski definition) is 2. The maximum atomic E-state index is 12.9. The van der Waals surface area contributed by atoms with E-state index in [1.807, 2.05) is 0 Å². The highest BCUT2D eigenvalue weighted by Crippen LogP contribution is 2.38. The van der Waals surface area contributed by atoms with Crippen LogP contribution in [0.2, 0.25) is 0 Å². The molecule has 3 aromatic rings. The summed E-state index contributed by atoms with van der Waals surface area (Å²) in [5.74, 6) is -0.251. The third kappa shape index (κ3) is 3.86. The number of nitrogens with one attached hydrogen (secondary N) is 2. The van der Waals surface area contributed by atoms with Gasteiger partial charge in [-0.2, -0.15) is 0 Å². The van der Waals surface area contributed by atoms with E-state index >= 15 is 0 Å². The van der Waals surface area contributed by atoms with Crippen LogP contribution in [-0.2, 0) is 10.0 Å². The van der Waals surface area contributed by atoms with Crippen LogP contribution in [0.3, 0.4) is 0 Å². The normalized spacial score (nSPS) is 12.6. The minimum absolute atomic E-state index is 0.00356. The molecular formula is C19H17N3O7S2. The smallest absolute Gasteiger partial charge is 0.267 e. The summed E-state index contributed by atoms with van der Waals surface area (Å²) >= 11 is 0.945. The van der Waals surface area contributed by atoms with Crippen LogP contribution >= 0.6 is 11.3 Å². The predicted molar refractivity (Wildman–Crippen MR) is 112 cm³/mol. The Balaban J connectivity index is 1.64. The zero-order valence-corrected chi connectivity index (χ0v) is 18.3. The number of thiophene rings is 1. The lowest BCUT2D eigenvalue weighted by molar-refractivity contribution is 0.101. The molecule has 1 aromatic carbocycles. The molecule has 0 radical (unpaired) electrons. The van der Waals surface area contributed by atoms with Crippen LogP contribution in [0.15, 0.2) is 33.0 Å². The Bertz CT molecular complexity index is 1310. The van der Waals surface area contributed by atoms with Crippen molar-refractivity contribution in [2.75, 3.05) is 16.8 Å². The lowest BCUT2D eigenvalue weighted by Gasteiger charge is -2.11. The van der Waals surface area contributed by atoms with Gasteiger partial charge in [-0.1, -0.05) is 5.16 Å². The molecule has 10 nitrogen and oxygen atoms in total. The predicted octanol–water partition coefficient (Wildman–Crippen LogP) is 3.34. The molecule has 4 rings (SSSR count). The molecule has 31 heavy (non-hydrogen) atoms. The first kappa shape index (κ1) is 20.9. The Hall–Kier alpha value is -3.38. The number of rotatable bonds is 6. The summed E-state index contributed by atoms with van der Waals surface area (Å²) < 4.78 is 43.6. The number of sulfonamides is 1. The van der Waals surface area contributed by atoms with E-state index in [-0.39, 0.29) is 39.5 Å². The summed E-state index contributed by atoms with van der Waals surface area (Å²) in [6.07, 6.45) is 0. The molecule has 1 aliphatic heterocycles. The van der Waals surface area contributed by atoms with Crippen LogP contribution in [0.5, 0.6) is 11.5 Å². The number of anilines is 2. The SMILES string of the molecule is CC(=O)c1cc2c(cc1NC(=O)c1sccc1S(=O)(=O)Nc1onc(C)c1C)OCO2. The second kappa shape index (κ2) is 7.71. The molecule has 0 unspecified atom stereocenters. The van der Waals surface area contributed by atoms with Crippen LogP contribution in [0, 0.1) is 13.8 Å². The molecule has 0 atom stereocenters. The van der Waals surface area contributed by atoms with Crippen LogP contribution in [0.1, 0.15) is 38.2 Å². The number of aromatic nitrogens is 1. The first-order valence-electron chi connectivity index (χ1n) is 8.96. The molecule has 0 fully saturated rings. The average Bonchev–Trinajstić information content (AvgIpc) is 3.44. The van der Waals surface area contributed by atoms with Gasteiger partial charge in [-0.3, -0.25) is 9.59 Å². The molecule has 0 bridgehead atoms. The van der Waals surface area contributed by atoms with Gasteiger partial charge in [0.15, 0.2) is 17.3 Å². The second-order valence-corrected chi connectivity index (χ2v) is 9.27. The molecule has 3 heterocycles. The molecule has 0 aliphatic carbocycles. The number of nitrogens with zero attached hydrogens (tertiary/aromatic N) is 1. The van der Waals surface area contributed by atoms with Gasteiger partial charge in [0.1, 0.15) is 9.77 Å². The number of benzene rings is 1. The fourth-order valence-electron chi connectivity index (χ4n) is 2.88. The van der Waals surface area contributed by atoms with Crippen LogP contribution in [0.4, 0.5) is 11.6 Å². The molecule has 2 N–H and O–H groups in total. The lowest BCUT2D eigenvalue weighted by atomic mass is 10.1. The van der Waals surface area contributed by atoms with Crippen molar-refractivity contribution >= 4 is 44.6 Å². The molecule has 0 spiro atoms. The van der Waals surface area contributed by atoms with E-state index in [9.17, 15) is 18.0 Å². The maximum absolute atomic E-state index is 12.9. The van der Waals surface area contributed by atoms with Gasteiger partial charge in [0, 0.05) is 17.2 Å². The first-order valence-corrected chi connectivity index (χ1v) is 11.3. The Labute approximate surface area is 181 Å². The third-order valence-corrected chi connectivity index (χ3v) is 7.07. The number of hydrogen-bond acceptors (Lipinski definition) is 9. The maximum Gasteiger partial charge on any atom is 0.267 e. The number of aryl methyl sites for hydroxylation is 1. The van der Waals surface area contributed by atoms with Gasteiger partial charge in [0.2, 0.25) is 12.7 Å². The number of ether oxygens (including phenoxy) is 2. The second-order valence-electron chi connectivity index (χ2n) is 6.70. The number of carbonyl (C=O) groups is 2. The Kier molecular flexibility index (Phi) is 5.19. The molecule has 2 aromatic heterocycles. The lowest BCUT2D eigenvalue weighted by Crippen LogP contribution is -2.19. The van der Waals surface area contributed by atoms with Crippen molar-refractivity contribution in [2.45, 2.75) is 25.7 Å². The van der Waals surface area contributed by atoms with Crippen molar-refractivity contribution in [2.24, 2.45) is 0 Å². The van der Waals surface area contributed by atoms with Crippen molar-refractivity contribution < 1.29 is 32.0 Å². The van der Waals surface area contributed by atoms with Gasteiger partial charge in [0.25, 0.3) is 15.9 Å². The minimum atomic E-state index is -4.13. The van der Waals surface area contributed by atoms with Crippen LogP contribution in [-0.4, -0.2) is 32.1 Å². The van der Waals surface area contributed by atoms with Gasteiger partial charge in [-0.25, -0.2) is 13.1 Å². The minimum Gasteiger partial charge on any atom is -0.454 e. The van der Waals surface area contributed by atoms with E-state index in [1.165, 1.54) is 30.5 Å². The Morgan fingerprint density at radius 1 is 1.16 bits per heavy atom. The van der Waals surface area contributed by atoms with E-state index < -0.39 is 15.9 Å². The summed E-state index contributed by atoms with van der Waals surface area (Å²) in [6.45, 7) is 4.69. The van der Waals surface area contributed by atoms with E-state index in [0.717, 1.165) is 11.3 Å². The van der Waals surface area contributed by atoms with Crippen molar-refractivity contribution in [3.8, 4) is 11.5 Å². The number of ketones is 1. The quantitative estimate of drug-likeness (QED) is 0.531. The number of Topliss-reactive ketones (excluding diaryl/α,β-unsaturated/α-hetero) is 1. The highest BCUT2D eigenvalue weighted by atomic mass is 32.2. The number of amides is 1. The standard InChI is InChI=1S/C19H17N3O7S2/c1-9-10(2)21-29-19(9)22-31(25,26)16-4-5-30-17(16)18(24)20-13-7-15-14(27-8-28-15)6-12(13)11(3)23/h4-7,22H,8H2,1-3H3,(H,20,24). The Morgan fingerprint density at radius 3 is 2.52 bits per heavy atom. The fraction of sp³-hybridized carbons (Fsp3) is 0.211. The zero-order valence-electron chi connectivity index (χ0n) is 16.6. The average molecular weight is 463 g/mol.